The molecule has 0 fully saturated rings. The summed E-state index contributed by atoms with van der Waals surface area (Å²) in [7, 11) is -6.68. The van der Waals surface area contributed by atoms with E-state index >= 15 is 0 Å². The number of hydrogen-bond donors (Lipinski definition) is 0. The minimum atomic E-state index is -3.34. The van der Waals surface area contributed by atoms with Crippen LogP contribution in [-0.2, 0) is 19.7 Å². The Bertz CT molecular complexity index is 1020. The van der Waals surface area contributed by atoms with E-state index in [1.807, 2.05) is 0 Å². The second-order valence-corrected chi connectivity index (χ2v) is 8.97. The molecule has 0 bridgehead atoms. The van der Waals surface area contributed by atoms with Crippen molar-refractivity contribution in [2.75, 3.05) is 0 Å². The normalized spacial score (nSPS) is 18.8. The zero-order chi connectivity index (χ0) is 15.9. The van der Waals surface area contributed by atoms with Gasteiger partial charge in [0.1, 0.15) is 21.2 Å². The van der Waals surface area contributed by atoms with Crippen LogP contribution in [0.25, 0.3) is 0 Å². The van der Waals surface area contributed by atoms with Crippen LogP contribution in [0.1, 0.15) is 11.1 Å². The van der Waals surface area contributed by atoms with Gasteiger partial charge < -0.3 is 0 Å². The van der Waals surface area contributed by atoms with E-state index in [0.29, 0.717) is 20.9 Å². The van der Waals surface area contributed by atoms with Gasteiger partial charge in [-0.2, -0.15) is 0 Å². The summed E-state index contributed by atoms with van der Waals surface area (Å²) in [6, 6.07) is 6.47. The highest BCUT2D eigenvalue weighted by Crippen LogP contribution is 2.51. The van der Waals surface area contributed by atoms with E-state index in [9.17, 15) is 16.8 Å². The van der Waals surface area contributed by atoms with Crippen molar-refractivity contribution in [1.29, 1.82) is 0 Å². The molecule has 0 amide bonds. The van der Waals surface area contributed by atoms with Gasteiger partial charge >= 0.3 is 0 Å². The molecule has 0 atom stereocenters. The molecular weight excluding hydrogens is 324 g/mol. The first-order chi connectivity index (χ1) is 10.3. The Labute approximate surface area is 127 Å². The van der Waals surface area contributed by atoms with Crippen LogP contribution in [0.15, 0.2) is 54.1 Å². The molecule has 0 radical (unpaired) electrons. The Hall–Kier alpha value is -2.06. The maximum Gasteiger partial charge on any atom is 0.211 e. The Morgan fingerprint density at radius 2 is 1.00 bits per heavy atom. The van der Waals surface area contributed by atoms with Gasteiger partial charge in [0.05, 0.1) is 9.79 Å². The molecule has 0 unspecified atom stereocenters. The lowest BCUT2D eigenvalue weighted by Crippen LogP contribution is -1.70. The minimum Gasteiger partial charge on any atom is -0.218 e. The lowest BCUT2D eigenvalue weighted by Gasteiger charge is -1.91. The molecule has 0 saturated carbocycles. The summed E-state index contributed by atoms with van der Waals surface area (Å²) in [5.41, 5.74) is 1.85. The van der Waals surface area contributed by atoms with Crippen LogP contribution < -0.4 is 0 Å². The molecule has 8 heteroatoms. The van der Waals surface area contributed by atoms with Gasteiger partial charge in [-0.15, -0.1) is 10.2 Å². The third-order valence-corrected chi connectivity index (χ3v) is 7.45. The third kappa shape index (κ3) is 1.59. The van der Waals surface area contributed by atoms with Crippen LogP contribution >= 0.6 is 0 Å². The van der Waals surface area contributed by atoms with E-state index in [-0.39, 0.29) is 21.2 Å². The van der Waals surface area contributed by atoms with Gasteiger partial charge in [-0.3, -0.25) is 0 Å². The van der Waals surface area contributed by atoms with Crippen molar-refractivity contribution in [3.8, 4) is 0 Å². The number of azo groups is 1. The largest absolute Gasteiger partial charge is 0.218 e. The Balaban J connectivity index is 1.79. The number of benzene rings is 2. The molecule has 0 saturated heterocycles. The van der Waals surface area contributed by atoms with Gasteiger partial charge in [0, 0.05) is 0 Å². The molecule has 0 N–H and O–H groups in total. The summed E-state index contributed by atoms with van der Waals surface area (Å²) < 4.78 is 47.2. The van der Waals surface area contributed by atoms with Crippen LogP contribution in [-0.4, -0.2) is 16.8 Å². The summed E-state index contributed by atoms with van der Waals surface area (Å²) in [4.78, 5) is 0.979. The minimum absolute atomic E-state index is 0.187. The van der Waals surface area contributed by atoms with Crippen molar-refractivity contribution in [2.45, 2.75) is 33.4 Å². The van der Waals surface area contributed by atoms with E-state index < -0.39 is 19.7 Å². The van der Waals surface area contributed by atoms with Crippen molar-refractivity contribution < 1.29 is 16.8 Å². The number of hydrogen-bond acceptors (Lipinski definition) is 6. The number of rotatable bonds is 2. The fraction of sp³-hybridized carbons (Fsp3) is 0.143. The number of sulfone groups is 2. The second-order valence-electron chi connectivity index (χ2n) is 5.33. The van der Waals surface area contributed by atoms with Crippen LogP contribution in [0.5, 0.6) is 0 Å². The van der Waals surface area contributed by atoms with Crippen LogP contribution in [0, 0.1) is 13.8 Å². The number of aryl methyl sites for hydroxylation is 2. The predicted molar refractivity (Wildman–Crippen MR) is 77.4 cm³/mol. The molecule has 2 heterocycles. The molecule has 2 aromatic rings. The summed E-state index contributed by atoms with van der Waals surface area (Å²) >= 11 is 0. The molecule has 0 aliphatic carbocycles. The van der Waals surface area contributed by atoms with Gasteiger partial charge in [0.25, 0.3) is 0 Å². The molecule has 2 aliphatic rings. The molecule has 2 aliphatic heterocycles. The molecule has 6 nitrogen and oxygen atoms in total. The molecule has 2 aromatic carbocycles. The molecule has 22 heavy (non-hydrogen) atoms. The van der Waals surface area contributed by atoms with E-state index in [1.54, 1.807) is 38.1 Å². The fourth-order valence-corrected chi connectivity index (χ4v) is 6.12. The average molecular weight is 334 g/mol. The van der Waals surface area contributed by atoms with Gasteiger partial charge in [0.2, 0.25) is 19.7 Å². The van der Waals surface area contributed by atoms with Crippen molar-refractivity contribution >= 4 is 31.0 Å². The zero-order valence-corrected chi connectivity index (χ0v) is 13.3. The fourth-order valence-electron chi connectivity index (χ4n) is 2.65. The van der Waals surface area contributed by atoms with Crippen LogP contribution in [0.3, 0.4) is 0 Å². The van der Waals surface area contributed by atoms with Gasteiger partial charge in [-0.25, -0.2) is 16.8 Å². The quantitative estimate of drug-likeness (QED) is 0.416. The van der Waals surface area contributed by atoms with Gasteiger partial charge in [-0.1, -0.05) is 12.1 Å². The average Bonchev–Trinajstić information content (AvgIpc) is 3.23. The highest BCUT2D eigenvalue weighted by atomic mass is 32.2. The van der Waals surface area contributed by atoms with Gasteiger partial charge in [-0.05, 0) is 37.1 Å². The standard InChI is InChI=1S/C14H10N2O4S2/c1-7-3-5-9(13-11(7)21(13,17)18)15-16-10-6-4-8(2)12-14(10)22(12,19)20/h3-6H,1-2H3. The first-order valence-corrected chi connectivity index (χ1v) is 9.42. The monoisotopic (exact) mass is 334 g/mol. The first kappa shape index (κ1) is 13.6. The van der Waals surface area contributed by atoms with E-state index in [4.69, 9.17) is 0 Å². The molecular formula is C14H10N2O4S2. The predicted octanol–water partition coefficient (Wildman–Crippen LogP) is 3.01. The topological polar surface area (TPSA) is 93.0 Å². The Morgan fingerprint density at radius 1 is 0.636 bits per heavy atom. The van der Waals surface area contributed by atoms with E-state index in [0.717, 1.165) is 0 Å². The summed E-state index contributed by atoms with van der Waals surface area (Å²) in [5.74, 6) is 0. The van der Waals surface area contributed by atoms with Crippen molar-refractivity contribution in [3.63, 3.8) is 0 Å². The highest BCUT2D eigenvalue weighted by Gasteiger charge is 2.45. The van der Waals surface area contributed by atoms with E-state index in [2.05, 4.69) is 10.2 Å². The maximum absolute atomic E-state index is 11.8. The van der Waals surface area contributed by atoms with Crippen molar-refractivity contribution in [3.05, 3.63) is 35.4 Å². The summed E-state index contributed by atoms with van der Waals surface area (Å²) in [5, 5.41) is 7.87. The van der Waals surface area contributed by atoms with Crippen molar-refractivity contribution in [1.82, 2.24) is 0 Å². The molecule has 4 rings (SSSR count). The molecule has 0 aromatic heterocycles. The lowest BCUT2D eigenvalue weighted by atomic mass is 10.2. The van der Waals surface area contributed by atoms with Crippen LogP contribution in [0.2, 0.25) is 0 Å². The Morgan fingerprint density at radius 3 is 1.36 bits per heavy atom. The summed E-state index contributed by atoms with van der Waals surface area (Å²) in [6.07, 6.45) is 0. The lowest BCUT2D eigenvalue weighted by molar-refractivity contribution is 0.610. The maximum atomic E-state index is 11.8. The SMILES string of the molecule is Cc1ccc(N=Nc2ccc(C)c3c2S3(=O)=O)c2c1S2(=O)=O. The zero-order valence-electron chi connectivity index (χ0n) is 11.7. The smallest absolute Gasteiger partial charge is 0.211 e. The number of nitrogens with zero attached hydrogens (tertiary/aromatic N) is 2. The second kappa shape index (κ2) is 3.82. The molecule has 0 spiro atoms. The van der Waals surface area contributed by atoms with Crippen LogP contribution in [0.4, 0.5) is 11.4 Å². The molecule has 112 valence electrons. The van der Waals surface area contributed by atoms with Crippen molar-refractivity contribution in [2.24, 2.45) is 10.2 Å². The van der Waals surface area contributed by atoms with Gasteiger partial charge in [0.15, 0.2) is 0 Å². The summed E-state index contributed by atoms with van der Waals surface area (Å²) in [6.45, 7) is 3.44. The first-order valence-electron chi connectivity index (χ1n) is 6.45. The third-order valence-electron chi connectivity index (χ3n) is 3.83. The van der Waals surface area contributed by atoms with E-state index in [1.165, 1.54) is 0 Å². The number of fused-ring (bicyclic) bond motifs is 2. The Kier molecular flexibility index (Phi) is 2.36. The highest BCUT2D eigenvalue weighted by molar-refractivity contribution is 7.97.